The van der Waals surface area contributed by atoms with Gasteiger partial charge in [0.25, 0.3) is 0 Å². The maximum atomic E-state index is 15.0. The monoisotopic (exact) mass is 530 g/mol. The van der Waals surface area contributed by atoms with E-state index in [9.17, 15) is 22.0 Å². The van der Waals surface area contributed by atoms with Crippen LogP contribution in [-0.4, -0.2) is 36.3 Å². The van der Waals surface area contributed by atoms with Crippen molar-refractivity contribution in [2.75, 3.05) is 6.61 Å². The third kappa shape index (κ3) is 4.50. The van der Waals surface area contributed by atoms with E-state index in [4.69, 9.17) is 4.74 Å². The molecule has 7 nitrogen and oxygen atoms in total. The Hall–Kier alpha value is -3.54. The topological polar surface area (TPSA) is 78.6 Å². The first-order valence-electron chi connectivity index (χ1n) is 12.3. The molecule has 38 heavy (non-hydrogen) atoms. The van der Waals surface area contributed by atoms with E-state index in [2.05, 4.69) is 25.0 Å². The van der Waals surface area contributed by atoms with Crippen LogP contribution in [0.1, 0.15) is 72.1 Å². The number of benzene rings is 1. The lowest BCUT2D eigenvalue weighted by Gasteiger charge is -2.28. The minimum atomic E-state index is -5.02. The largest absolute Gasteiger partial charge is 0.419 e. The Morgan fingerprint density at radius 2 is 1.71 bits per heavy atom. The number of hydrogen-bond acceptors (Lipinski definition) is 6. The van der Waals surface area contributed by atoms with Crippen LogP contribution in [0.15, 0.2) is 24.5 Å². The van der Waals surface area contributed by atoms with E-state index in [1.54, 1.807) is 20.0 Å². The molecule has 2 fully saturated rings. The second kappa shape index (κ2) is 9.04. The SMILES string of the molecule is Cc1nc2nc([C@@H]3CCO[C@@H](c4cnn(C5CC5)c4)C3)nc(-c3cc(C(F)(F)F)c(F)cc3F)c2nc1C. The van der Waals surface area contributed by atoms with E-state index < -0.39 is 28.9 Å². The standard InChI is InChI=1S/C26H23F5N6O/c1-12-13(2)34-25-23(33-12)22(17-8-18(26(29,30)31)20(28)9-19(17)27)35-24(36-25)14-5-6-38-21(7-14)15-10-32-37(11-15)16-3-4-16/h8-11,14,16,21H,3-7H2,1-2H3/t14-,21-/m1/s1. The number of alkyl halides is 3. The van der Waals surface area contributed by atoms with E-state index in [-0.39, 0.29) is 34.9 Å². The Morgan fingerprint density at radius 1 is 0.947 bits per heavy atom. The lowest BCUT2D eigenvalue weighted by atomic mass is 9.92. The van der Waals surface area contributed by atoms with Crippen LogP contribution in [0.2, 0.25) is 0 Å². The fraction of sp³-hybridized carbons (Fsp3) is 0.423. The van der Waals surface area contributed by atoms with Gasteiger partial charge in [-0.2, -0.15) is 18.3 Å². The quantitative estimate of drug-likeness (QED) is 0.294. The molecule has 2 atom stereocenters. The third-order valence-corrected chi connectivity index (χ3v) is 7.14. The maximum absolute atomic E-state index is 15.0. The summed E-state index contributed by atoms with van der Waals surface area (Å²) in [6, 6.07) is 1.08. The summed E-state index contributed by atoms with van der Waals surface area (Å²) < 4.78 is 77.5. The van der Waals surface area contributed by atoms with Crippen LogP contribution < -0.4 is 0 Å². The van der Waals surface area contributed by atoms with Gasteiger partial charge in [0.15, 0.2) is 5.65 Å². The van der Waals surface area contributed by atoms with Gasteiger partial charge in [0.2, 0.25) is 0 Å². The predicted molar refractivity (Wildman–Crippen MR) is 126 cm³/mol. The molecule has 0 amide bonds. The zero-order valence-electron chi connectivity index (χ0n) is 20.6. The van der Waals surface area contributed by atoms with Crippen molar-refractivity contribution in [1.29, 1.82) is 0 Å². The maximum Gasteiger partial charge on any atom is 0.419 e. The van der Waals surface area contributed by atoms with Gasteiger partial charge in [-0.25, -0.2) is 28.7 Å². The van der Waals surface area contributed by atoms with Gasteiger partial charge in [-0.15, -0.1) is 0 Å². The van der Waals surface area contributed by atoms with Crippen LogP contribution in [-0.2, 0) is 10.9 Å². The average Bonchev–Trinajstić information content (AvgIpc) is 3.60. The molecule has 12 heteroatoms. The van der Waals surface area contributed by atoms with Crippen LogP contribution in [0.3, 0.4) is 0 Å². The van der Waals surface area contributed by atoms with E-state index >= 15 is 0 Å². The minimum Gasteiger partial charge on any atom is -0.373 e. The number of ether oxygens (including phenoxy) is 1. The van der Waals surface area contributed by atoms with Crippen LogP contribution in [0, 0.1) is 25.5 Å². The number of fused-ring (bicyclic) bond motifs is 1. The van der Waals surface area contributed by atoms with Crippen molar-refractivity contribution < 1.29 is 26.7 Å². The summed E-state index contributed by atoms with van der Waals surface area (Å²) in [5.41, 5.74) is -0.0909. The van der Waals surface area contributed by atoms with Gasteiger partial charge in [-0.3, -0.25) is 4.68 Å². The van der Waals surface area contributed by atoms with E-state index in [1.165, 1.54) is 0 Å². The number of aromatic nitrogens is 6. The first kappa shape index (κ1) is 24.8. The summed E-state index contributed by atoms with van der Waals surface area (Å²) in [5, 5.41) is 4.43. The van der Waals surface area contributed by atoms with Gasteiger partial charge in [-0.05, 0) is 45.6 Å². The Balaban J connectivity index is 1.45. The highest BCUT2D eigenvalue weighted by atomic mass is 19.4. The zero-order chi connectivity index (χ0) is 26.8. The van der Waals surface area contributed by atoms with Crippen molar-refractivity contribution in [2.24, 2.45) is 0 Å². The van der Waals surface area contributed by atoms with E-state index in [1.807, 2.05) is 10.9 Å². The molecular formula is C26H23F5N6O. The molecule has 0 unspecified atom stereocenters. The third-order valence-electron chi connectivity index (χ3n) is 7.14. The Labute approximate surface area is 214 Å². The predicted octanol–water partition coefficient (Wildman–Crippen LogP) is 6.17. The van der Waals surface area contributed by atoms with Crippen molar-refractivity contribution in [2.45, 2.75) is 63.8 Å². The summed E-state index contributed by atoms with van der Waals surface area (Å²) in [4.78, 5) is 18.0. The Kier molecular flexibility index (Phi) is 5.89. The lowest BCUT2D eigenvalue weighted by Crippen LogP contribution is -2.20. The number of aryl methyl sites for hydroxylation is 2. The first-order valence-corrected chi connectivity index (χ1v) is 12.3. The summed E-state index contributed by atoms with van der Waals surface area (Å²) >= 11 is 0. The molecule has 0 radical (unpaired) electrons. The van der Waals surface area contributed by atoms with E-state index in [0.29, 0.717) is 48.8 Å². The average molecular weight is 531 g/mol. The molecule has 198 valence electrons. The molecule has 4 heterocycles. The molecule has 0 spiro atoms. The molecule has 0 bridgehead atoms. The molecule has 2 aliphatic rings. The number of nitrogens with zero attached hydrogens (tertiary/aromatic N) is 6. The summed E-state index contributed by atoms with van der Waals surface area (Å²) in [7, 11) is 0. The molecular weight excluding hydrogens is 507 g/mol. The lowest BCUT2D eigenvalue weighted by molar-refractivity contribution is -0.140. The van der Waals surface area contributed by atoms with Crippen molar-refractivity contribution in [1.82, 2.24) is 29.7 Å². The van der Waals surface area contributed by atoms with E-state index in [0.717, 1.165) is 18.4 Å². The summed E-state index contributed by atoms with van der Waals surface area (Å²) in [5.74, 6) is -2.83. The molecule has 0 N–H and O–H groups in total. The first-order chi connectivity index (χ1) is 18.1. The van der Waals surface area contributed by atoms with Gasteiger partial charge >= 0.3 is 6.18 Å². The Morgan fingerprint density at radius 3 is 2.45 bits per heavy atom. The molecule has 1 aromatic carbocycles. The van der Waals surface area contributed by atoms with Gasteiger partial charge in [0, 0.05) is 35.9 Å². The van der Waals surface area contributed by atoms with Crippen molar-refractivity contribution in [3.63, 3.8) is 0 Å². The number of rotatable bonds is 4. The highest BCUT2D eigenvalue weighted by Crippen LogP contribution is 2.41. The van der Waals surface area contributed by atoms with Crippen LogP contribution in [0.25, 0.3) is 22.4 Å². The minimum absolute atomic E-state index is 0.0461. The van der Waals surface area contributed by atoms with Crippen molar-refractivity contribution in [3.05, 3.63) is 64.5 Å². The zero-order valence-corrected chi connectivity index (χ0v) is 20.6. The number of halogens is 5. The molecule has 3 aromatic heterocycles. The second-order valence-electron chi connectivity index (χ2n) is 9.87. The van der Waals surface area contributed by atoms with Crippen LogP contribution >= 0.6 is 0 Å². The summed E-state index contributed by atoms with van der Waals surface area (Å²) in [6.07, 6.45) is 1.71. The van der Waals surface area contributed by atoms with Crippen molar-refractivity contribution >= 4 is 11.2 Å². The Bertz CT molecular complexity index is 1550. The molecule has 1 saturated carbocycles. The van der Waals surface area contributed by atoms with Crippen LogP contribution in [0.4, 0.5) is 22.0 Å². The van der Waals surface area contributed by atoms with Gasteiger partial charge in [0.1, 0.15) is 28.7 Å². The van der Waals surface area contributed by atoms with Crippen LogP contribution in [0.5, 0.6) is 0 Å². The molecule has 6 rings (SSSR count). The molecule has 4 aromatic rings. The highest BCUT2D eigenvalue weighted by molar-refractivity contribution is 5.87. The highest BCUT2D eigenvalue weighted by Gasteiger charge is 2.36. The smallest absolute Gasteiger partial charge is 0.373 e. The molecule has 1 aliphatic carbocycles. The number of hydrogen-bond donors (Lipinski definition) is 0. The fourth-order valence-electron chi connectivity index (χ4n) is 4.77. The molecule has 1 saturated heterocycles. The second-order valence-corrected chi connectivity index (χ2v) is 9.87. The molecule has 1 aliphatic heterocycles. The van der Waals surface area contributed by atoms with Crippen molar-refractivity contribution in [3.8, 4) is 11.3 Å². The summed E-state index contributed by atoms with van der Waals surface area (Å²) in [6.45, 7) is 3.81. The van der Waals surface area contributed by atoms with Gasteiger partial charge < -0.3 is 4.74 Å². The fourth-order valence-corrected chi connectivity index (χ4v) is 4.77. The van der Waals surface area contributed by atoms with Gasteiger partial charge in [-0.1, -0.05) is 0 Å². The normalized spacial score (nSPS) is 20.3. The van der Waals surface area contributed by atoms with Gasteiger partial charge in [0.05, 0.1) is 35.3 Å².